The van der Waals surface area contributed by atoms with Gasteiger partial charge >= 0.3 is 12.1 Å². The van der Waals surface area contributed by atoms with Crippen LogP contribution in [0.4, 0.5) is 9.59 Å². The van der Waals surface area contributed by atoms with E-state index in [1.807, 2.05) is 20.3 Å². The van der Waals surface area contributed by atoms with Crippen molar-refractivity contribution in [1.82, 2.24) is 20.9 Å². The van der Waals surface area contributed by atoms with E-state index in [0.717, 1.165) is 19.3 Å². The number of nitrogens with one attached hydrogen (secondary N) is 3. The van der Waals surface area contributed by atoms with E-state index in [1.165, 1.54) is 0 Å². The minimum atomic E-state index is -0.135. The Hall–Kier alpha value is -1.50. The van der Waals surface area contributed by atoms with Gasteiger partial charge in [0, 0.05) is 32.2 Å². The maximum atomic E-state index is 11.8. The van der Waals surface area contributed by atoms with Gasteiger partial charge in [0.05, 0.1) is 13.2 Å². The summed E-state index contributed by atoms with van der Waals surface area (Å²) in [6, 6.07) is 0.0124. The van der Waals surface area contributed by atoms with Crippen LogP contribution in [-0.4, -0.2) is 62.4 Å². The van der Waals surface area contributed by atoms with Crippen molar-refractivity contribution in [2.45, 2.75) is 39.2 Å². The van der Waals surface area contributed by atoms with Crippen LogP contribution in [0.3, 0.4) is 0 Å². The SMILES string of the molecule is CC(C)NC(=O)NC[CH]CCCCNC(=O)N1CCOCC1. The average Bonchev–Trinajstić information content (AvgIpc) is 2.49. The van der Waals surface area contributed by atoms with Crippen molar-refractivity contribution in [1.29, 1.82) is 0 Å². The summed E-state index contributed by atoms with van der Waals surface area (Å²) in [6.07, 6.45) is 4.90. The molecule has 0 unspecified atom stereocenters. The number of amides is 4. The third-order valence-corrected chi connectivity index (χ3v) is 3.24. The number of carbonyl (C=O) groups excluding carboxylic acids is 2. The molecule has 1 heterocycles. The van der Waals surface area contributed by atoms with Gasteiger partial charge in [-0.05, 0) is 33.1 Å². The van der Waals surface area contributed by atoms with Gasteiger partial charge in [-0.1, -0.05) is 6.42 Å². The molecule has 1 aliphatic rings. The summed E-state index contributed by atoms with van der Waals surface area (Å²) in [5, 5.41) is 8.46. The van der Waals surface area contributed by atoms with Gasteiger partial charge in [0.2, 0.25) is 0 Å². The van der Waals surface area contributed by atoms with Crippen molar-refractivity contribution >= 4 is 12.1 Å². The summed E-state index contributed by atoms with van der Waals surface area (Å²) >= 11 is 0. The summed E-state index contributed by atoms with van der Waals surface area (Å²) < 4.78 is 5.21. The molecule has 3 N–H and O–H groups in total. The highest BCUT2D eigenvalue weighted by Crippen LogP contribution is 1.99. The molecular formula is C15H29N4O3. The number of carbonyl (C=O) groups is 2. The van der Waals surface area contributed by atoms with E-state index >= 15 is 0 Å². The van der Waals surface area contributed by atoms with Crippen LogP contribution in [0.2, 0.25) is 0 Å². The molecule has 7 nitrogen and oxygen atoms in total. The summed E-state index contributed by atoms with van der Waals surface area (Å²) in [5.74, 6) is 0. The van der Waals surface area contributed by atoms with Crippen LogP contribution in [0, 0.1) is 6.42 Å². The number of unbranched alkanes of at least 4 members (excludes halogenated alkanes) is 3. The molecule has 0 atom stereocenters. The first-order chi connectivity index (χ1) is 10.6. The molecule has 0 spiro atoms. The topological polar surface area (TPSA) is 82.7 Å². The zero-order valence-electron chi connectivity index (χ0n) is 13.7. The van der Waals surface area contributed by atoms with Crippen LogP contribution in [0.1, 0.15) is 33.1 Å². The number of ether oxygens (including phenoxy) is 1. The highest BCUT2D eigenvalue weighted by Gasteiger charge is 2.15. The zero-order chi connectivity index (χ0) is 16.2. The molecule has 0 saturated carbocycles. The predicted octanol–water partition coefficient (Wildman–Crippen LogP) is 1.11. The molecule has 4 amide bonds. The molecule has 0 bridgehead atoms. The monoisotopic (exact) mass is 313 g/mol. The van der Waals surface area contributed by atoms with Crippen LogP contribution in [0.5, 0.6) is 0 Å². The quantitative estimate of drug-likeness (QED) is 0.587. The Morgan fingerprint density at radius 2 is 1.91 bits per heavy atom. The molecule has 1 rings (SSSR count). The Morgan fingerprint density at radius 3 is 2.59 bits per heavy atom. The number of nitrogens with zero attached hydrogens (tertiary/aromatic N) is 1. The van der Waals surface area contributed by atoms with Gasteiger partial charge in [-0.15, -0.1) is 0 Å². The zero-order valence-corrected chi connectivity index (χ0v) is 13.7. The molecule has 1 saturated heterocycles. The van der Waals surface area contributed by atoms with E-state index in [1.54, 1.807) is 4.90 Å². The van der Waals surface area contributed by atoms with Crippen molar-refractivity contribution in [2.75, 3.05) is 39.4 Å². The first-order valence-corrected chi connectivity index (χ1v) is 8.06. The van der Waals surface area contributed by atoms with Crippen LogP contribution < -0.4 is 16.0 Å². The minimum Gasteiger partial charge on any atom is -0.378 e. The number of hydrogen-bond acceptors (Lipinski definition) is 3. The fraction of sp³-hybridized carbons (Fsp3) is 0.800. The summed E-state index contributed by atoms with van der Waals surface area (Å²) in [4.78, 5) is 24.9. The third-order valence-electron chi connectivity index (χ3n) is 3.24. The van der Waals surface area contributed by atoms with Crippen LogP contribution in [-0.2, 0) is 4.74 Å². The molecule has 7 heteroatoms. The highest BCUT2D eigenvalue weighted by atomic mass is 16.5. The van der Waals surface area contributed by atoms with E-state index in [4.69, 9.17) is 4.74 Å². The lowest BCUT2D eigenvalue weighted by Crippen LogP contribution is -2.46. The third kappa shape index (κ3) is 8.71. The molecule has 0 aliphatic carbocycles. The fourth-order valence-corrected chi connectivity index (χ4v) is 2.07. The average molecular weight is 313 g/mol. The normalized spacial score (nSPS) is 14.8. The minimum absolute atomic E-state index is 0.000646. The molecule has 1 radical (unpaired) electrons. The van der Waals surface area contributed by atoms with Crippen molar-refractivity contribution in [3.05, 3.63) is 6.42 Å². The number of hydrogen-bond donors (Lipinski definition) is 3. The maximum absolute atomic E-state index is 11.8. The smallest absolute Gasteiger partial charge is 0.317 e. The molecule has 0 aromatic rings. The molecule has 1 aliphatic heterocycles. The van der Waals surface area contributed by atoms with E-state index in [-0.39, 0.29) is 18.1 Å². The second-order valence-corrected chi connectivity index (χ2v) is 5.62. The van der Waals surface area contributed by atoms with Gasteiger partial charge in [0.25, 0.3) is 0 Å². The molecular weight excluding hydrogens is 284 g/mol. The van der Waals surface area contributed by atoms with Gasteiger partial charge in [-0.2, -0.15) is 0 Å². The van der Waals surface area contributed by atoms with Crippen LogP contribution in [0.15, 0.2) is 0 Å². The van der Waals surface area contributed by atoms with Gasteiger partial charge in [-0.25, -0.2) is 9.59 Å². The number of rotatable bonds is 8. The second-order valence-electron chi connectivity index (χ2n) is 5.62. The number of morpholine rings is 1. The van der Waals surface area contributed by atoms with E-state index in [2.05, 4.69) is 16.0 Å². The summed E-state index contributed by atoms with van der Waals surface area (Å²) in [6.45, 7) is 7.69. The standard InChI is InChI=1S/C15H29N4O3/c1-13(2)18-14(20)16-7-5-3-4-6-8-17-15(21)19-9-11-22-12-10-19/h5,13H,3-4,6-12H2,1-2H3,(H,17,21)(H2,16,18,20). The lowest BCUT2D eigenvalue weighted by molar-refractivity contribution is 0.0532. The Morgan fingerprint density at radius 1 is 1.18 bits per heavy atom. The van der Waals surface area contributed by atoms with Crippen molar-refractivity contribution in [2.24, 2.45) is 0 Å². The maximum Gasteiger partial charge on any atom is 0.317 e. The molecule has 22 heavy (non-hydrogen) atoms. The van der Waals surface area contributed by atoms with E-state index in [0.29, 0.717) is 39.4 Å². The van der Waals surface area contributed by atoms with Crippen molar-refractivity contribution in [3.8, 4) is 0 Å². The van der Waals surface area contributed by atoms with E-state index in [9.17, 15) is 9.59 Å². The van der Waals surface area contributed by atoms with Crippen molar-refractivity contribution in [3.63, 3.8) is 0 Å². The lowest BCUT2D eigenvalue weighted by atomic mass is 10.2. The highest BCUT2D eigenvalue weighted by molar-refractivity contribution is 5.74. The largest absolute Gasteiger partial charge is 0.378 e. The molecule has 127 valence electrons. The van der Waals surface area contributed by atoms with Crippen LogP contribution in [0.25, 0.3) is 0 Å². The van der Waals surface area contributed by atoms with Crippen LogP contribution >= 0.6 is 0 Å². The van der Waals surface area contributed by atoms with Gasteiger partial charge in [-0.3, -0.25) is 0 Å². The van der Waals surface area contributed by atoms with Gasteiger partial charge in [0.15, 0.2) is 0 Å². The first kappa shape index (κ1) is 18.5. The molecule has 1 fully saturated rings. The Labute approximate surface area is 133 Å². The fourth-order valence-electron chi connectivity index (χ4n) is 2.07. The Kier molecular flexibility index (Phi) is 9.37. The first-order valence-electron chi connectivity index (χ1n) is 8.06. The van der Waals surface area contributed by atoms with Gasteiger partial charge in [0.1, 0.15) is 0 Å². The van der Waals surface area contributed by atoms with Crippen molar-refractivity contribution < 1.29 is 14.3 Å². The summed E-state index contributed by atoms with van der Waals surface area (Å²) in [7, 11) is 0. The molecule has 0 aromatic heterocycles. The Bertz CT molecular complexity index is 331. The van der Waals surface area contributed by atoms with E-state index < -0.39 is 0 Å². The second kappa shape index (κ2) is 11.1. The lowest BCUT2D eigenvalue weighted by Gasteiger charge is -2.26. The molecule has 0 aromatic carbocycles. The Balaban J connectivity index is 1.89. The predicted molar refractivity (Wildman–Crippen MR) is 85.6 cm³/mol. The summed E-state index contributed by atoms with van der Waals surface area (Å²) in [5.41, 5.74) is 0. The van der Waals surface area contributed by atoms with Gasteiger partial charge < -0.3 is 25.6 Å². The number of urea groups is 2.